The molecule has 1 heterocycles. The third-order valence-electron chi connectivity index (χ3n) is 2.34. The molecular weight excluding hydrogens is 168 g/mol. The van der Waals surface area contributed by atoms with E-state index < -0.39 is 5.79 Å². The van der Waals surface area contributed by atoms with Gasteiger partial charge in [-0.1, -0.05) is 12.2 Å². The van der Waals surface area contributed by atoms with Crippen molar-refractivity contribution in [2.24, 2.45) is 0 Å². The summed E-state index contributed by atoms with van der Waals surface area (Å²) in [5, 5.41) is 8.60. The molecule has 2 aliphatic rings. The monoisotopic (exact) mass is 182 g/mol. The van der Waals surface area contributed by atoms with Gasteiger partial charge in [-0.15, -0.1) is 0 Å². The molecule has 1 aliphatic heterocycles. The van der Waals surface area contributed by atoms with Crippen LogP contribution in [0.3, 0.4) is 0 Å². The van der Waals surface area contributed by atoms with Crippen molar-refractivity contribution >= 4 is 0 Å². The Morgan fingerprint density at radius 2 is 2.54 bits per heavy atom. The molecular formula is C10H14O3. The molecule has 2 atom stereocenters. The summed E-state index contributed by atoms with van der Waals surface area (Å²) in [6.07, 6.45) is 6.69. The molecule has 1 N–H and O–H groups in total. The van der Waals surface area contributed by atoms with E-state index in [0.717, 1.165) is 0 Å². The highest BCUT2D eigenvalue weighted by Crippen LogP contribution is 2.45. The molecule has 0 radical (unpaired) electrons. The topological polar surface area (TPSA) is 42.0 Å². The first kappa shape index (κ1) is 8.94. The Morgan fingerprint density at radius 1 is 1.69 bits per heavy atom. The zero-order chi connectivity index (χ0) is 9.31. The van der Waals surface area contributed by atoms with Gasteiger partial charge >= 0.3 is 0 Å². The standard InChI is InChI=1S/C10H14O3/c1-8-4-2-5-10(9(8)13-10)12-7-3-6-11/h2,4-5,9,11H,3,6-7H2,1H3. The van der Waals surface area contributed by atoms with E-state index in [-0.39, 0.29) is 12.7 Å². The molecule has 3 heteroatoms. The SMILES string of the molecule is CC1=CC=CC2(OCCCO)OC12. The van der Waals surface area contributed by atoms with E-state index in [1.165, 1.54) is 5.57 Å². The number of aliphatic hydroxyl groups is 1. The molecule has 13 heavy (non-hydrogen) atoms. The molecule has 3 nitrogen and oxygen atoms in total. The fraction of sp³-hybridized carbons (Fsp3) is 0.600. The van der Waals surface area contributed by atoms with Crippen molar-refractivity contribution in [2.75, 3.05) is 13.2 Å². The van der Waals surface area contributed by atoms with Gasteiger partial charge < -0.3 is 14.6 Å². The summed E-state index contributed by atoms with van der Waals surface area (Å²) in [6.45, 7) is 2.75. The fourth-order valence-electron chi connectivity index (χ4n) is 1.56. The van der Waals surface area contributed by atoms with Crippen molar-refractivity contribution in [3.05, 3.63) is 23.8 Å². The van der Waals surface area contributed by atoms with Gasteiger partial charge in [0.05, 0.1) is 6.61 Å². The van der Waals surface area contributed by atoms with E-state index in [4.69, 9.17) is 14.6 Å². The lowest BCUT2D eigenvalue weighted by Crippen LogP contribution is -2.20. The summed E-state index contributed by atoms with van der Waals surface area (Å²) in [6, 6.07) is 0. The molecule has 0 bridgehead atoms. The third-order valence-corrected chi connectivity index (χ3v) is 2.34. The van der Waals surface area contributed by atoms with Crippen LogP contribution in [0, 0.1) is 0 Å². The Labute approximate surface area is 77.7 Å². The molecule has 1 fully saturated rings. The summed E-state index contributed by atoms with van der Waals surface area (Å²) in [5.41, 5.74) is 1.20. The average Bonchev–Trinajstić information content (AvgIpc) is 2.82. The zero-order valence-electron chi connectivity index (χ0n) is 7.69. The van der Waals surface area contributed by atoms with Crippen LogP contribution in [-0.4, -0.2) is 30.2 Å². The van der Waals surface area contributed by atoms with Gasteiger partial charge in [-0.05, 0) is 25.0 Å². The molecule has 1 saturated heterocycles. The number of hydrogen-bond acceptors (Lipinski definition) is 3. The second-order valence-electron chi connectivity index (χ2n) is 3.41. The molecule has 2 rings (SSSR count). The number of hydrogen-bond donors (Lipinski definition) is 1. The number of allylic oxidation sites excluding steroid dienone is 2. The van der Waals surface area contributed by atoms with E-state index in [2.05, 4.69) is 0 Å². The van der Waals surface area contributed by atoms with Crippen molar-refractivity contribution in [2.45, 2.75) is 25.2 Å². The predicted molar refractivity (Wildman–Crippen MR) is 48.2 cm³/mol. The maximum atomic E-state index is 8.60. The van der Waals surface area contributed by atoms with Crippen LogP contribution < -0.4 is 0 Å². The number of aliphatic hydroxyl groups excluding tert-OH is 1. The molecule has 0 aromatic rings. The molecule has 0 aromatic heterocycles. The summed E-state index contributed by atoms with van der Waals surface area (Å²) in [5.74, 6) is -0.492. The van der Waals surface area contributed by atoms with E-state index >= 15 is 0 Å². The number of epoxide rings is 1. The minimum Gasteiger partial charge on any atom is -0.396 e. The number of fused-ring (bicyclic) bond motifs is 1. The van der Waals surface area contributed by atoms with Crippen molar-refractivity contribution in [1.82, 2.24) is 0 Å². The molecule has 0 saturated carbocycles. The Bertz CT molecular complexity index is 257. The smallest absolute Gasteiger partial charge is 0.220 e. The summed E-state index contributed by atoms with van der Waals surface area (Å²) < 4.78 is 11.0. The van der Waals surface area contributed by atoms with Gasteiger partial charge in [0.1, 0.15) is 6.10 Å². The van der Waals surface area contributed by atoms with Gasteiger partial charge in [0.15, 0.2) is 0 Å². The van der Waals surface area contributed by atoms with Gasteiger partial charge in [0.2, 0.25) is 5.79 Å². The minimum atomic E-state index is -0.492. The zero-order valence-corrected chi connectivity index (χ0v) is 7.69. The molecule has 0 amide bonds. The molecule has 72 valence electrons. The summed E-state index contributed by atoms with van der Waals surface area (Å²) >= 11 is 0. The highest BCUT2D eigenvalue weighted by atomic mass is 16.8. The quantitative estimate of drug-likeness (QED) is 0.521. The van der Waals surface area contributed by atoms with Gasteiger partial charge in [-0.25, -0.2) is 0 Å². The van der Waals surface area contributed by atoms with Crippen molar-refractivity contribution in [3.8, 4) is 0 Å². The van der Waals surface area contributed by atoms with Gasteiger partial charge in [0, 0.05) is 6.61 Å². The summed E-state index contributed by atoms with van der Waals surface area (Å²) in [7, 11) is 0. The number of ether oxygens (including phenoxy) is 2. The second-order valence-corrected chi connectivity index (χ2v) is 3.41. The lowest BCUT2D eigenvalue weighted by Gasteiger charge is -2.11. The molecule has 0 spiro atoms. The van der Waals surface area contributed by atoms with Crippen LogP contribution >= 0.6 is 0 Å². The lowest BCUT2D eigenvalue weighted by molar-refractivity contribution is -0.0133. The molecule has 0 aromatic carbocycles. The van der Waals surface area contributed by atoms with Crippen LogP contribution in [-0.2, 0) is 9.47 Å². The van der Waals surface area contributed by atoms with E-state index in [1.54, 1.807) is 0 Å². The van der Waals surface area contributed by atoms with Gasteiger partial charge in [0.25, 0.3) is 0 Å². The summed E-state index contributed by atoms with van der Waals surface area (Å²) in [4.78, 5) is 0. The lowest BCUT2D eigenvalue weighted by atomic mass is 10.0. The first-order chi connectivity index (χ1) is 6.28. The van der Waals surface area contributed by atoms with Gasteiger partial charge in [-0.2, -0.15) is 0 Å². The Hall–Kier alpha value is -0.640. The largest absolute Gasteiger partial charge is 0.396 e. The van der Waals surface area contributed by atoms with Crippen LogP contribution in [0.4, 0.5) is 0 Å². The maximum Gasteiger partial charge on any atom is 0.220 e. The maximum absolute atomic E-state index is 8.60. The van der Waals surface area contributed by atoms with Crippen LogP contribution in [0.1, 0.15) is 13.3 Å². The predicted octanol–water partition coefficient (Wildman–Crippen LogP) is 0.997. The van der Waals surface area contributed by atoms with Crippen molar-refractivity contribution in [3.63, 3.8) is 0 Å². The highest BCUT2D eigenvalue weighted by molar-refractivity contribution is 5.33. The molecule has 1 aliphatic carbocycles. The number of rotatable bonds is 4. The molecule has 2 unspecified atom stereocenters. The van der Waals surface area contributed by atoms with E-state index in [0.29, 0.717) is 13.0 Å². The second kappa shape index (κ2) is 3.25. The van der Waals surface area contributed by atoms with E-state index in [9.17, 15) is 0 Å². The van der Waals surface area contributed by atoms with Gasteiger partial charge in [-0.3, -0.25) is 0 Å². The third kappa shape index (κ3) is 1.55. The van der Waals surface area contributed by atoms with Crippen molar-refractivity contribution in [1.29, 1.82) is 0 Å². The highest BCUT2D eigenvalue weighted by Gasteiger charge is 2.57. The first-order valence-corrected chi connectivity index (χ1v) is 4.57. The fourth-order valence-corrected chi connectivity index (χ4v) is 1.56. The Balaban J connectivity index is 1.88. The Kier molecular flexibility index (Phi) is 2.24. The first-order valence-electron chi connectivity index (χ1n) is 4.57. The Morgan fingerprint density at radius 3 is 3.31 bits per heavy atom. The van der Waals surface area contributed by atoms with Crippen LogP contribution in [0.5, 0.6) is 0 Å². The van der Waals surface area contributed by atoms with Crippen LogP contribution in [0.25, 0.3) is 0 Å². The van der Waals surface area contributed by atoms with Crippen molar-refractivity contribution < 1.29 is 14.6 Å². The minimum absolute atomic E-state index is 0.108. The van der Waals surface area contributed by atoms with E-state index in [1.807, 2.05) is 25.2 Å². The normalized spacial score (nSPS) is 35.5. The van der Waals surface area contributed by atoms with Crippen LogP contribution in [0.15, 0.2) is 23.8 Å². The average molecular weight is 182 g/mol. The van der Waals surface area contributed by atoms with Crippen LogP contribution in [0.2, 0.25) is 0 Å².